The molecule has 0 saturated heterocycles. The van der Waals surface area contributed by atoms with Crippen LogP contribution in [0.2, 0.25) is 0 Å². The first-order valence-electron chi connectivity index (χ1n) is 6.71. The molecule has 0 saturated carbocycles. The molecule has 10 heteroatoms. The number of halogens is 6. The highest BCUT2D eigenvalue weighted by Crippen LogP contribution is 2.39. The van der Waals surface area contributed by atoms with E-state index in [-0.39, 0.29) is 18.0 Å². The van der Waals surface area contributed by atoms with Gasteiger partial charge >= 0.3 is 12.4 Å². The van der Waals surface area contributed by atoms with Crippen LogP contribution in [0, 0.1) is 0 Å². The van der Waals surface area contributed by atoms with Gasteiger partial charge in [-0.25, -0.2) is 0 Å². The number of hydrogen-bond acceptors (Lipinski definition) is 3. The number of dihydropyridines is 1. The summed E-state index contributed by atoms with van der Waals surface area (Å²) in [6, 6.07) is 0.101. The van der Waals surface area contributed by atoms with Crippen molar-refractivity contribution in [2.75, 3.05) is 0 Å². The first-order valence-corrected chi connectivity index (χ1v) is 6.71. The summed E-state index contributed by atoms with van der Waals surface area (Å²) in [6.07, 6.45) is -6.42. The monoisotopic (exact) mass is 364 g/mol. The van der Waals surface area contributed by atoms with Gasteiger partial charge in [-0.05, 0) is 41.6 Å². The van der Waals surface area contributed by atoms with E-state index >= 15 is 0 Å². The van der Waals surface area contributed by atoms with Crippen molar-refractivity contribution in [1.82, 2.24) is 10.6 Å². The number of imide groups is 1. The average molecular weight is 364 g/mol. The molecule has 1 unspecified atom stereocenters. The maximum atomic E-state index is 13.2. The zero-order valence-corrected chi connectivity index (χ0v) is 12.2. The predicted octanol–water partition coefficient (Wildman–Crippen LogP) is 2.87. The van der Waals surface area contributed by atoms with Crippen LogP contribution in [0.1, 0.15) is 16.7 Å². The molecule has 0 radical (unpaired) electrons. The highest BCUT2D eigenvalue weighted by Gasteiger charge is 2.38. The Morgan fingerprint density at radius 3 is 2.36 bits per heavy atom. The minimum absolute atomic E-state index is 0.0204. The van der Waals surface area contributed by atoms with Gasteiger partial charge in [0.2, 0.25) is 6.41 Å². The number of carbonyl (C=O) groups is 2. The normalized spacial score (nSPS) is 17.5. The highest BCUT2D eigenvalue weighted by molar-refractivity contribution is 5.94. The Balaban J connectivity index is 2.52. The summed E-state index contributed by atoms with van der Waals surface area (Å²) < 4.78 is 77.6. The fraction of sp³-hybridized carbons (Fsp3) is 0.200. The van der Waals surface area contributed by atoms with Gasteiger partial charge in [-0.3, -0.25) is 14.9 Å². The zero-order chi connectivity index (χ0) is 18.8. The number of allylic oxidation sites excluding steroid dienone is 2. The molecule has 4 nitrogen and oxygen atoms in total. The van der Waals surface area contributed by atoms with Crippen molar-refractivity contribution in [1.29, 1.82) is 0 Å². The van der Waals surface area contributed by atoms with Crippen LogP contribution in [0.4, 0.5) is 26.3 Å². The quantitative estimate of drug-likeness (QED) is 0.641. The Bertz CT molecular complexity index is 749. The molecule has 1 aromatic carbocycles. The van der Waals surface area contributed by atoms with Crippen LogP contribution in [-0.4, -0.2) is 18.4 Å². The number of nitrogens with one attached hydrogen (secondary N) is 2. The SMILES string of the molecule is O=CNC(=O)C1C=C(c2ccc(C(F)(F)F)cc2C(F)(F)F)C=CN1. The molecule has 25 heavy (non-hydrogen) atoms. The molecule has 1 atom stereocenters. The Kier molecular flexibility index (Phi) is 4.91. The molecule has 1 heterocycles. The maximum Gasteiger partial charge on any atom is 0.417 e. The third kappa shape index (κ3) is 4.20. The van der Waals surface area contributed by atoms with Crippen LogP contribution >= 0.6 is 0 Å². The second kappa shape index (κ2) is 6.61. The molecular weight excluding hydrogens is 354 g/mol. The Labute approximate surface area is 137 Å². The summed E-state index contributed by atoms with van der Waals surface area (Å²) in [7, 11) is 0. The number of carbonyl (C=O) groups excluding carboxylic acids is 2. The Hall–Kier alpha value is -2.78. The van der Waals surface area contributed by atoms with E-state index in [9.17, 15) is 35.9 Å². The van der Waals surface area contributed by atoms with E-state index in [1.807, 2.05) is 5.32 Å². The van der Waals surface area contributed by atoms with Crippen LogP contribution in [0.3, 0.4) is 0 Å². The Morgan fingerprint density at radius 1 is 1.12 bits per heavy atom. The molecule has 134 valence electrons. The second-order valence-corrected chi connectivity index (χ2v) is 4.98. The lowest BCUT2D eigenvalue weighted by Gasteiger charge is -2.21. The van der Waals surface area contributed by atoms with E-state index in [1.54, 1.807) is 0 Å². The number of hydrogen-bond donors (Lipinski definition) is 2. The molecule has 1 aliphatic rings. The molecule has 0 aliphatic carbocycles. The van der Waals surface area contributed by atoms with E-state index in [0.29, 0.717) is 12.1 Å². The number of amides is 2. The summed E-state index contributed by atoms with van der Waals surface area (Å²) in [5.74, 6) is -0.822. The lowest BCUT2D eigenvalue weighted by Crippen LogP contribution is -2.41. The van der Waals surface area contributed by atoms with Gasteiger partial charge in [0, 0.05) is 0 Å². The van der Waals surface area contributed by atoms with Crippen LogP contribution in [0.15, 0.2) is 36.6 Å². The highest BCUT2D eigenvalue weighted by atomic mass is 19.4. The zero-order valence-electron chi connectivity index (χ0n) is 12.2. The third-order valence-electron chi connectivity index (χ3n) is 3.33. The molecule has 2 N–H and O–H groups in total. The molecular formula is C15H10F6N2O2. The maximum absolute atomic E-state index is 13.2. The minimum Gasteiger partial charge on any atom is -0.376 e. The predicted molar refractivity (Wildman–Crippen MR) is 74.7 cm³/mol. The summed E-state index contributed by atoms with van der Waals surface area (Å²) in [5, 5.41) is 4.34. The van der Waals surface area contributed by atoms with Crippen molar-refractivity contribution in [3.05, 3.63) is 53.2 Å². The van der Waals surface area contributed by atoms with Gasteiger partial charge < -0.3 is 5.32 Å². The van der Waals surface area contributed by atoms with Crippen molar-refractivity contribution in [2.24, 2.45) is 0 Å². The fourth-order valence-corrected chi connectivity index (χ4v) is 2.21. The first-order chi connectivity index (χ1) is 11.5. The largest absolute Gasteiger partial charge is 0.417 e. The molecule has 0 fully saturated rings. The standard InChI is InChI=1S/C15H10F6N2O2/c16-14(17,18)9-1-2-10(11(6-9)15(19,20)21)8-3-4-22-12(5-8)13(25)23-7-24/h1-7,12,22H,(H,23,24,25). The topological polar surface area (TPSA) is 58.2 Å². The van der Waals surface area contributed by atoms with Crippen LogP contribution < -0.4 is 10.6 Å². The van der Waals surface area contributed by atoms with Crippen molar-refractivity contribution in [2.45, 2.75) is 18.4 Å². The molecule has 2 rings (SSSR count). The fourth-order valence-electron chi connectivity index (χ4n) is 2.21. The van der Waals surface area contributed by atoms with Crippen molar-refractivity contribution < 1.29 is 35.9 Å². The average Bonchev–Trinajstić information content (AvgIpc) is 2.53. The van der Waals surface area contributed by atoms with Gasteiger partial charge in [-0.1, -0.05) is 6.07 Å². The van der Waals surface area contributed by atoms with Gasteiger partial charge in [-0.2, -0.15) is 26.3 Å². The Morgan fingerprint density at radius 2 is 1.80 bits per heavy atom. The van der Waals surface area contributed by atoms with E-state index in [2.05, 4.69) is 5.32 Å². The van der Waals surface area contributed by atoms with Crippen LogP contribution in [0.5, 0.6) is 0 Å². The van der Waals surface area contributed by atoms with Crippen LogP contribution in [0.25, 0.3) is 5.57 Å². The summed E-state index contributed by atoms with van der Waals surface area (Å²) in [4.78, 5) is 21.9. The minimum atomic E-state index is -5.03. The van der Waals surface area contributed by atoms with Gasteiger partial charge in [0.15, 0.2) is 0 Å². The summed E-state index contributed by atoms with van der Waals surface area (Å²) >= 11 is 0. The van der Waals surface area contributed by atoms with E-state index in [1.165, 1.54) is 12.3 Å². The van der Waals surface area contributed by atoms with E-state index in [0.717, 1.165) is 6.08 Å². The van der Waals surface area contributed by atoms with Crippen molar-refractivity contribution in [3.8, 4) is 0 Å². The summed E-state index contributed by atoms with van der Waals surface area (Å²) in [5.41, 5.74) is -3.53. The van der Waals surface area contributed by atoms with E-state index in [4.69, 9.17) is 0 Å². The smallest absolute Gasteiger partial charge is 0.376 e. The van der Waals surface area contributed by atoms with Crippen LogP contribution in [-0.2, 0) is 21.9 Å². The molecule has 1 aliphatic heterocycles. The van der Waals surface area contributed by atoms with Crippen molar-refractivity contribution >= 4 is 17.9 Å². The van der Waals surface area contributed by atoms with Gasteiger partial charge in [-0.15, -0.1) is 0 Å². The first kappa shape index (κ1) is 18.6. The molecule has 0 spiro atoms. The number of benzene rings is 1. The van der Waals surface area contributed by atoms with Gasteiger partial charge in [0.05, 0.1) is 11.1 Å². The van der Waals surface area contributed by atoms with Gasteiger partial charge in [0.1, 0.15) is 6.04 Å². The molecule has 1 aromatic rings. The van der Waals surface area contributed by atoms with E-state index < -0.39 is 41.0 Å². The summed E-state index contributed by atoms with van der Waals surface area (Å²) in [6.45, 7) is 0. The molecule has 0 bridgehead atoms. The van der Waals surface area contributed by atoms with Gasteiger partial charge in [0.25, 0.3) is 5.91 Å². The number of rotatable bonds is 3. The molecule has 0 aromatic heterocycles. The molecule has 2 amide bonds. The lowest BCUT2D eigenvalue weighted by molar-refractivity contribution is -0.143. The van der Waals surface area contributed by atoms with Crippen molar-refractivity contribution in [3.63, 3.8) is 0 Å². The number of alkyl halides is 6. The second-order valence-electron chi connectivity index (χ2n) is 4.98. The lowest BCUT2D eigenvalue weighted by atomic mass is 9.94. The third-order valence-corrected chi connectivity index (χ3v) is 3.33.